The van der Waals surface area contributed by atoms with Gasteiger partial charge in [0.2, 0.25) is 5.88 Å². The lowest BCUT2D eigenvalue weighted by Crippen LogP contribution is -1.97. The molecule has 5 nitrogen and oxygen atoms in total. The number of hydrogen-bond acceptors (Lipinski definition) is 4. The fourth-order valence-electron chi connectivity index (χ4n) is 2.69. The Kier molecular flexibility index (Phi) is 6.87. The summed E-state index contributed by atoms with van der Waals surface area (Å²) in [6.07, 6.45) is 3.44. The highest BCUT2D eigenvalue weighted by Gasteiger charge is 2.05. The van der Waals surface area contributed by atoms with Gasteiger partial charge in [0.15, 0.2) is 0 Å². The number of benzene rings is 2. The summed E-state index contributed by atoms with van der Waals surface area (Å²) in [5.41, 5.74) is 2.50. The molecule has 1 N–H and O–H groups in total. The van der Waals surface area contributed by atoms with Crippen LogP contribution in [0.1, 0.15) is 24.5 Å². The minimum Gasteiger partial charge on any atom is -0.487 e. The molecule has 0 saturated heterocycles. The number of nitrogens with zero attached hydrogens (tertiary/aromatic N) is 1. The molecule has 0 spiro atoms. The Morgan fingerprint density at radius 1 is 1.07 bits per heavy atom. The molecular formula is C23H20ClNO4. The Bertz CT molecular complexity index is 998. The molecule has 3 aromatic rings. The summed E-state index contributed by atoms with van der Waals surface area (Å²) in [4.78, 5) is 15.1. The number of carbonyl (C=O) groups is 1. The zero-order valence-corrected chi connectivity index (χ0v) is 16.6. The smallest absolute Gasteiger partial charge is 0.328 e. The minimum absolute atomic E-state index is 0.354. The van der Waals surface area contributed by atoms with Crippen molar-refractivity contribution < 1.29 is 19.4 Å². The van der Waals surface area contributed by atoms with Crippen LogP contribution in [0.3, 0.4) is 0 Å². The first-order valence-corrected chi connectivity index (χ1v) is 9.47. The van der Waals surface area contributed by atoms with Crippen molar-refractivity contribution in [3.05, 3.63) is 89.1 Å². The Morgan fingerprint density at radius 2 is 1.79 bits per heavy atom. The van der Waals surface area contributed by atoms with Crippen molar-refractivity contribution >= 4 is 23.1 Å². The number of aliphatic carboxylic acids is 1. The molecule has 6 heteroatoms. The topological polar surface area (TPSA) is 68.7 Å². The predicted octanol–water partition coefficient (Wildman–Crippen LogP) is 5.98. The van der Waals surface area contributed by atoms with Gasteiger partial charge in [-0.3, -0.25) is 0 Å². The van der Waals surface area contributed by atoms with E-state index in [0.717, 1.165) is 16.7 Å². The number of rotatable bonds is 8. The van der Waals surface area contributed by atoms with Crippen LogP contribution in [0, 0.1) is 0 Å². The van der Waals surface area contributed by atoms with Gasteiger partial charge in [-0.25, -0.2) is 9.78 Å². The van der Waals surface area contributed by atoms with Gasteiger partial charge < -0.3 is 14.6 Å². The van der Waals surface area contributed by atoms with Gasteiger partial charge >= 0.3 is 5.97 Å². The number of carboxylic acid groups (broad SMARTS) is 1. The third kappa shape index (κ3) is 5.83. The third-order valence-corrected chi connectivity index (χ3v) is 4.56. The number of carboxylic acids is 1. The SMILES string of the molecule is CC/C(=C\C(=O)O)c1ccc(Oc2ccc(OCc3ccccc3Cl)cn2)cc1. The molecule has 2 aromatic carbocycles. The molecule has 0 amide bonds. The maximum atomic E-state index is 10.9. The number of hydrogen-bond donors (Lipinski definition) is 1. The average Bonchev–Trinajstić information content (AvgIpc) is 2.73. The standard InChI is InChI=1S/C23H20ClNO4/c1-2-16(13-23(26)27)17-7-9-19(10-8-17)29-22-12-11-20(14-25-22)28-15-18-5-3-4-6-21(18)24/h3-14H,2,15H2,1H3,(H,26,27)/b16-13+. The monoisotopic (exact) mass is 409 g/mol. The van der Waals surface area contributed by atoms with Crippen LogP contribution in [0.4, 0.5) is 0 Å². The number of ether oxygens (including phenoxy) is 2. The van der Waals surface area contributed by atoms with Gasteiger partial charge in [0.1, 0.15) is 18.1 Å². The van der Waals surface area contributed by atoms with Crippen LogP contribution in [-0.2, 0) is 11.4 Å². The van der Waals surface area contributed by atoms with Crippen molar-refractivity contribution in [1.82, 2.24) is 4.98 Å². The number of allylic oxidation sites excluding steroid dienone is 1. The van der Waals surface area contributed by atoms with E-state index in [1.54, 1.807) is 30.5 Å². The average molecular weight is 410 g/mol. The summed E-state index contributed by atoms with van der Waals surface area (Å²) in [5, 5.41) is 9.60. The Labute approximate surface area is 174 Å². The normalized spacial score (nSPS) is 11.2. The van der Waals surface area contributed by atoms with E-state index in [0.29, 0.717) is 35.4 Å². The van der Waals surface area contributed by atoms with E-state index >= 15 is 0 Å². The summed E-state index contributed by atoms with van der Waals surface area (Å²) in [7, 11) is 0. The summed E-state index contributed by atoms with van der Waals surface area (Å²) in [6, 6.07) is 18.2. The Morgan fingerprint density at radius 3 is 2.41 bits per heavy atom. The molecule has 0 aliphatic heterocycles. The zero-order valence-electron chi connectivity index (χ0n) is 15.8. The molecule has 0 aliphatic rings. The van der Waals surface area contributed by atoms with Crippen molar-refractivity contribution in [2.75, 3.05) is 0 Å². The first-order valence-electron chi connectivity index (χ1n) is 9.09. The highest BCUT2D eigenvalue weighted by molar-refractivity contribution is 6.31. The van der Waals surface area contributed by atoms with E-state index in [1.807, 2.05) is 43.3 Å². The number of pyridine rings is 1. The molecule has 29 heavy (non-hydrogen) atoms. The summed E-state index contributed by atoms with van der Waals surface area (Å²) in [5.74, 6) is 0.693. The second-order valence-electron chi connectivity index (χ2n) is 6.20. The van der Waals surface area contributed by atoms with Crippen molar-refractivity contribution in [2.24, 2.45) is 0 Å². The largest absolute Gasteiger partial charge is 0.487 e. The quantitative estimate of drug-likeness (QED) is 0.463. The summed E-state index contributed by atoms with van der Waals surface area (Å²) < 4.78 is 11.4. The van der Waals surface area contributed by atoms with Gasteiger partial charge in [-0.2, -0.15) is 0 Å². The van der Waals surface area contributed by atoms with Gasteiger partial charge in [-0.1, -0.05) is 48.9 Å². The second-order valence-corrected chi connectivity index (χ2v) is 6.61. The van der Waals surface area contributed by atoms with Gasteiger partial charge in [0.05, 0.1) is 6.20 Å². The van der Waals surface area contributed by atoms with E-state index in [9.17, 15) is 4.79 Å². The first kappa shape index (κ1) is 20.4. The molecule has 0 radical (unpaired) electrons. The molecule has 0 unspecified atom stereocenters. The van der Waals surface area contributed by atoms with Crippen molar-refractivity contribution in [3.8, 4) is 17.4 Å². The van der Waals surface area contributed by atoms with Crippen LogP contribution < -0.4 is 9.47 Å². The zero-order chi connectivity index (χ0) is 20.6. The third-order valence-electron chi connectivity index (χ3n) is 4.19. The van der Waals surface area contributed by atoms with Crippen LogP contribution in [0.15, 0.2) is 72.9 Å². The Hall–Kier alpha value is -3.31. The maximum Gasteiger partial charge on any atom is 0.328 e. The lowest BCUT2D eigenvalue weighted by atomic mass is 10.0. The molecule has 3 rings (SSSR count). The number of halogens is 1. The highest BCUT2D eigenvalue weighted by atomic mass is 35.5. The lowest BCUT2D eigenvalue weighted by molar-refractivity contribution is -0.131. The van der Waals surface area contributed by atoms with Crippen LogP contribution in [-0.4, -0.2) is 16.1 Å². The molecule has 0 bridgehead atoms. The maximum absolute atomic E-state index is 10.9. The molecular weight excluding hydrogens is 390 g/mol. The summed E-state index contributed by atoms with van der Waals surface area (Å²) >= 11 is 6.12. The molecule has 0 atom stereocenters. The van der Waals surface area contributed by atoms with Crippen LogP contribution >= 0.6 is 11.6 Å². The second kappa shape index (κ2) is 9.75. The van der Waals surface area contributed by atoms with Crippen LogP contribution in [0.5, 0.6) is 17.4 Å². The van der Waals surface area contributed by atoms with Crippen molar-refractivity contribution in [3.63, 3.8) is 0 Å². The molecule has 0 aliphatic carbocycles. The fourth-order valence-corrected chi connectivity index (χ4v) is 2.88. The Balaban J connectivity index is 1.61. The molecule has 1 heterocycles. The van der Waals surface area contributed by atoms with E-state index in [4.69, 9.17) is 26.2 Å². The van der Waals surface area contributed by atoms with E-state index < -0.39 is 5.97 Å². The van der Waals surface area contributed by atoms with Gasteiger partial charge in [0.25, 0.3) is 0 Å². The molecule has 0 saturated carbocycles. The van der Waals surface area contributed by atoms with Gasteiger partial charge in [-0.15, -0.1) is 0 Å². The lowest BCUT2D eigenvalue weighted by Gasteiger charge is -2.09. The minimum atomic E-state index is -0.955. The van der Waals surface area contributed by atoms with Crippen LogP contribution in [0.25, 0.3) is 5.57 Å². The molecule has 0 fully saturated rings. The number of aromatic nitrogens is 1. The molecule has 148 valence electrons. The van der Waals surface area contributed by atoms with E-state index in [-0.39, 0.29) is 0 Å². The van der Waals surface area contributed by atoms with E-state index in [1.165, 1.54) is 6.08 Å². The summed E-state index contributed by atoms with van der Waals surface area (Å²) in [6.45, 7) is 2.27. The first-order chi connectivity index (χ1) is 14.0. The predicted molar refractivity (Wildman–Crippen MR) is 112 cm³/mol. The highest BCUT2D eigenvalue weighted by Crippen LogP contribution is 2.25. The van der Waals surface area contributed by atoms with Crippen molar-refractivity contribution in [1.29, 1.82) is 0 Å². The van der Waals surface area contributed by atoms with Gasteiger partial charge in [-0.05, 0) is 41.8 Å². The van der Waals surface area contributed by atoms with Crippen molar-refractivity contribution in [2.45, 2.75) is 20.0 Å². The van der Waals surface area contributed by atoms with E-state index in [2.05, 4.69) is 4.98 Å². The fraction of sp³-hybridized carbons (Fsp3) is 0.130. The molecule has 1 aromatic heterocycles. The van der Waals surface area contributed by atoms with Crippen LogP contribution in [0.2, 0.25) is 5.02 Å². The van der Waals surface area contributed by atoms with Gasteiger partial charge in [0, 0.05) is 22.7 Å².